The number of likely N-dealkylation sites (tertiary alicyclic amines) is 1. The van der Waals surface area contributed by atoms with E-state index >= 15 is 0 Å². The van der Waals surface area contributed by atoms with Crippen LogP contribution in [-0.4, -0.2) is 55.4 Å². The van der Waals surface area contributed by atoms with Crippen molar-refractivity contribution < 1.29 is 9.59 Å². The Hall–Kier alpha value is -1.84. The Bertz CT molecular complexity index is 665. The number of amides is 2. The smallest absolute Gasteiger partial charge is 0.243 e. The van der Waals surface area contributed by atoms with Gasteiger partial charge in [-0.05, 0) is 30.5 Å². The van der Waals surface area contributed by atoms with Gasteiger partial charge in [-0.15, -0.1) is 24.0 Å². The summed E-state index contributed by atoms with van der Waals surface area (Å²) in [6.07, 6.45) is 2.33. The fourth-order valence-corrected chi connectivity index (χ4v) is 2.95. The normalized spacial score (nSPS) is 16.5. The predicted octanol–water partition coefficient (Wildman–Crippen LogP) is 1.98. The highest BCUT2D eigenvalue weighted by molar-refractivity contribution is 14.0. The van der Waals surface area contributed by atoms with E-state index in [1.54, 1.807) is 7.05 Å². The number of aliphatic imine (C=N–C) groups is 1. The van der Waals surface area contributed by atoms with Crippen LogP contribution in [0.5, 0.6) is 0 Å². The molecule has 1 aliphatic rings. The highest BCUT2D eigenvalue weighted by Crippen LogP contribution is 2.11. The van der Waals surface area contributed by atoms with E-state index in [0.717, 1.165) is 25.1 Å². The molecule has 3 N–H and O–H groups in total. The molecule has 8 heteroatoms. The third kappa shape index (κ3) is 7.36. The Morgan fingerprint density at radius 1 is 1.30 bits per heavy atom. The number of nitrogens with zero attached hydrogens (tertiary/aromatic N) is 2. The van der Waals surface area contributed by atoms with Crippen molar-refractivity contribution in [1.82, 2.24) is 15.5 Å². The van der Waals surface area contributed by atoms with Crippen LogP contribution in [-0.2, 0) is 16.0 Å². The number of halogens is 1. The van der Waals surface area contributed by atoms with E-state index in [1.165, 1.54) is 5.56 Å². The highest BCUT2D eigenvalue weighted by atomic mass is 127. The third-order valence-corrected chi connectivity index (χ3v) is 4.44. The molecule has 2 rings (SSSR count). The van der Waals surface area contributed by atoms with Gasteiger partial charge in [-0.2, -0.15) is 0 Å². The summed E-state index contributed by atoms with van der Waals surface area (Å²) in [6.45, 7) is 5.51. The summed E-state index contributed by atoms with van der Waals surface area (Å²) in [5.74, 6) is 0.611. The van der Waals surface area contributed by atoms with Crippen molar-refractivity contribution >= 4 is 47.4 Å². The van der Waals surface area contributed by atoms with E-state index in [9.17, 15) is 9.59 Å². The lowest BCUT2D eigenvalue weighted by atomic mass is 10.1. The van der Waals surface area contributed by atoms with Crippen LogP contribution in [0.25, 0.3) is 0 Å². The second-order valence-electron chi connectivity index (χ2n) is 6.35. The Morgan fingerprint density at radius 2 is 2.07 bits per heavy atom. The van der Waals surface area contributed by atoms with Gasteiger partial charge in [-0.3, -0.25) is 14.6 Å². The monoisotopic (exact) mass is 487 g/mol. The molecule has 1 aliphatic heterocycles. The van der Waals surface area contributed by atoms with Crippen molar-refractivity contribution in [2.75, 3.05) is 32.0 Å². The average molecular weight is 487 g/mol. The number of nitrogens with one attached hydrogen (secondary N) is 3. The number of hydrogen-bond acceptors (Lipinski definition) is 3. The average Bonchev–Trinajstić information content (AvgIpc) is 3.13. The van der Waals surface area contributed by atoms with Crippen molar-refractivity contribution in [3.63, 3.8) is 0 Å². The maximum atomic E-state index is 12.1. The van der Waals surface area contributed by atoms with E-state index < -0.39 is 0 Å². The number of anilines is 1. The minimum Gasteiger partial charge on any atom is -0.352 e. The lowest BCUT2D eigenvalue weighted by Crippen LogP contribution is -2.47. The molecule has 27 heavy (non-hydrogen) atoms. The van der Waals surface area contributed by atoms with E-state index in [0.29, 0.717) is 18.9 Å². The summed E-state index contributed by atoms with van der Waals surface area (Å²) >= 11 is 0. The number of benzene rings is 1. The summed E-state index contributed by atoms with van der Waals surface area (Å²) in [7, 11) is 1.67. The van der Waals surface area contributed by atoms with E-state index in [1.807, 2.05) is 36.1 Å². The summed E-state index contributed by atoms with van der Waals surface area (Å²) in [6, 6.07) is 7.98. The highest BCUT2D eigenvalue weighted by Gasteiger charge is 2.25. The van der Waals surface area contributed by atoms with Gasteiger partial charge in [0.15, 0.2) is 5.96 Å². The molecule has 1 unspecified atom stereocenters. The number of guanidine groups is 1. The molecular formula is C19H30IN5O2. The molecule has 1 fully saturated rings. The molecule has 1 heterocycles. The lowest BCUT2D eigenvalue weighted by Gasteiger charge is -2.18. The summed E-state index contributed by atoms with van der Waals surface area (Å²) in [5.41, 5.74) is 1.98. The van der Waals surface area contributed by atoms with Crippen molar-refractivity contribution in [3.8, 4) is 0 Å². The van der Waals surface area contributed by atoms with E-state index in [4.69, 9.17) is 0 Å². The predicted molar refractivity (Wildman–Crippen MR) is 120 cm³/mol. The quantitative estimate of drug-likeness (QED) is 0.326. The molecule has 150 valence electrons. The summed E-state index contributed by atoms with van der Waals surface area (Å²) < 4.78 is 0. The summed E-state index contributed by atoms with van der Waals surface area (Å²) in [4.78, 5) is 29.9. The fourth-order valence-electron chi connectivity index (χ4n) is 2.95. The van der Waals surface area contributed by atoms with Crippen LogP contribution in [0.15, 0.2) is 29.3 Å². The van der Waals surface area contributed by atoms with Crippen molar-refractivity contribution in [2.24, 2.45) is 4.99 Å². The van der Waals surface area contributed by atoms with Crippen LogP contribution in [0, 0.1) is 0 Å². The molecule has 2 amide bonds. The second-order valence-corrected chi connectivity index (χ2v) is 6.35. The number of aryl methyl sites for hydroxylation is 1. The van der Waals surface area contributed by atoms with Crippen LogP contribution in [0.4, 0.5) is 5.69 Å². The topological polar surface area (TPSA) is 85.8 Å². The molecule has 0 aliphatic carbocycles. The Morgan fingerprint density at radius 3 is 2.74 bits per heavy atom. The molecule has 0 bridgehead atoms. The maximum absolute atomic E-state index is 12.1. The van der Waals surface area contributed by atoms with Gasteiger partial charge in [0, 0.05) is 38.3 Å². The largest absolute Gasteiger partial charge is 0.352 e. The lowest BCUT2D eigenvalue weighted by molar-refractivity contribution is -0.129. The minimum atomic E-state index is -0.129. The molecule has 0 radical (unpaired) electrons. The Labute approximate surface area is 178 Å². The fraction of sp³-hybridized carbons (Fsp3) is 0.526. The molecule has 7 nitrogen and oxygen atoms in total. The zero-order chi connectivity index (χ0) is 18.9. The van der Waals surface area contributed by atoms with Gasteiger partial charge in [-0.25, -0.2) is 0 Å². The zero-order valence-corrected chi connectivity index (χ0v) is 18.6. The first-order chi connectivity index (χ1) is 12.5. The van der Waals surface area contributed by atoms with Gasteiger partial charge < -0.3 is 20.9 Å². The summed E-state index contributed by atoms with van der Waals surface area (Å²) in [5, 5.41) is 9.19. The van der Waals surface area contributed by atoms with Crippen LogP contribution in [0.3, 0.4) is 0 Å². The first-order valence-electron chi connectivity index (χ1n) is 9.19. The molecule has 1 saturated heterocycles. The van der Waals surface area contributed by atoms with Crippen LogP contribution in [0.2, 0.25) is 0 Å². The zero-order valence-electron chi connectivity index (χ0n) is 16.2. The standard InChI is InChI=1S/C19H29N5O2.HI/c1-4-14-7-6-8-15(11-14)22-17(25)12-21-19(20-3)23-16-9-10-24(13-16)18(26)5-2;/h6-8,11,16H,4-5,9-10,12-13H2,1-3H3,(H,22,25)(H2,20,21,23);1H. The molecule has 1 atom stereocenters. The minimum absolute atomic E-state index is 0. The Balaban J connectivity index is 0.00000364. The molecule has 1 aromatic rings. The number of carbonyl (C=O) groups excluding carboxylic acids is 2. The van der Waals surface area contributed by atoms with Crippen molar-refractivity contribution in [2.45, 2.75) is 39.2 Å². The van der Waals surface area contributed by atoms with Crippen molar-refractivity contribution in [3.05, 3.63) is 29.8 Å². The van der Waals surface area contributed by atoms with Gasteiger partial charge in [0.1, 0.15) is 0 Å². The van der Waals surface area contributed by atoms with Crippen LogP contribution < -0.4 is 16.0 Å². The SMILES string of the molecule is CCC(=O)N1CCC(NC(=NC)NCC(=O)Nc2cccc(CC)c2)C1.I. The first-order valence-corrected chi connectivity index (χ1v) is 9.19. The second kappa shape index (κ2) is 11.8. The van der Waals surface area contributed by atoms with Gasteiger partial charge in [0.05, 0.1) is 6.54 Å². The Kier molecular flexibility index (Phi) is 10.1. The van der Waals surface area contributed by atoms with Crippen molar-refractivity contribution in [1.29, 1.82) is 0 Å². The maximum Gasteiger partial charge on any atom is 0.243 e. The van der Waals surface area contributed by atoms with E-state index in [-0.39, 0.29) is 48.4 Å². The molecule has 0 spiro atoms. The molecular weight excluding hydrogens is 457 g/mol. The third-order valence-electron chi connectivity index (χ3n) is 4.44. The molecule has 1 aromatic carbocycles. The van der Waals surface area contributed by atoms with Crippen LogP contribution in [0.1, 0.15) is 32.3 Å². The number of hydrogen-bond donors (Lipinski definition) is 3. The van der Waals surface area contributed by atoms with Gasteiger partial charge in [0.25, 0.3) is 0 Å². The number of rotatable bonds is 6. The first kappa shape index (κ1) is 23.2. The van der Waals surface area contributed by atoms with Gasteiger partial charge in [-0.1, -0.05) is 26.0 Å². The van der Waals surface area contributed by atoms with Gasteiger partial charge in [0.2, 0.25) is 11.8 Å². The van der Waals surface area contributed by atoms with Crippen LogP contribution >= 0.6 is 24.0 Å². The molecule has 0 saturated carbocycles. The number of carbonyl (C=O) groups is 2. The van der Waals surface area contributed by atoms with E-state index in [2.05, 4.69) is 27.9 Å². The molecule has 0 aromatic heterocycles. The van der Waals surface area contributed by atoms with Gasteiger partial charge >= 0.3 is 0 Å².